The molecule has 0 aromatic heterocycles. The van der Waals surface area contributed by atoms with Crippen LogP contribution < -0.4 is 15.5 Å². The van der Waals surface area contributed by atoms with Gasteiger partial charge in [-0.25, -0.2) is 0 Å². The van der Waals surface area contributed by atoms with E-state index in [-0.39, 0.29) is 0 Å². The summed E-state index contributed by atoms with van der Waals surface area (Å²) in [5.41, 5.74) is 0.972. The number of rotatable bonds is 6. The van der Waals surface area contributed by atoms with Crippen molar-refractivity contribution in [2.24, 2.45) is 0 Å². The third-order valence-corrected chi connectivity index (χ3v) is 3.69. The van der Waals surface area contributed by atoms with Crippen LogP contribution >= 0.6 is 0 Å². The molecule has 3 N–H and O–H groups in total. The highest BCUT2D eigenvalue weighted by molar-refractivity contribution is 6.35. The Kier molecular flexibility index (Phi) is 6.86. The molecule has 0 radical (unpaired) electrons. The first kappa shape index (κ1) is 16.5. The Morgan fingerprint density at radius 3 is 2.45 bits per heavy atom. The molecule has 1 fully saturated rings. The van der Waals surface area contributed by atoms with Crippen molar-refractivity contribution in [1.29, 1.82) is 0 Å². The number of morpholine rings is 1. The van der Waals surface area contributed by atoms with Gasteiger partial charge in [0.15, 0.2) is 0 Å². The summed E-state index contributed by atoms with van der Waals surface area (Å²) in [6.45, 7) is 5.55. The van der Waals surface area contributed by atoms with E-state index in [0.29, 0.717) is 13.1 Å². The van der Waals surface area contributed by atoms with Crippen LogP contribution in [0.25, 0.3) is 0 Å². The van der Waals surface area contributed by atoms with Crippen molar-refractivity contribution < 1.29 is 19.2 Å². The van der Waals surface area contributed by atoms with Gasteiger partial charge in [-0.15, -0.1) is 0 Å². The van der Waals surface area contributed by atoms with Crippen molar-refractivity contribution in [3.63, 3.8) is 0 Å². The van der Waals surface area contributed by atoms with Crippen LogP contribution in [0.2, 0.25) is 0 Å². The second kappa shape index (κ2) is 9.17. The lowest BCUT2D eigenvalue weighted by molar-refractivity contribution is -0.908. The lowest BCUT2D eigenvalue weighted by Crippen LogP contribution is -3.14. The van der Waals surface area contributed by atoms with Gasteiger partial charge in [0.05, 0.1) is 19.8 Å². The van der Waals surface area contributed by atoms with E-state index in [1.807, 2.05) is 30.3 Å². The van der Waals surface area contributed by atoms with Gasteiger partial charge in [-0.1, -0.05) is 30.3 Å². The van der Waals surface area contributed by atoms with Crippen molar-refractivity contribution in [2.45, 2.75) is 13.0 Å². The fourth-order valence-corrected chi connectivity index (χ4v) is 2.39. The summed E-state index contributed by atoms with van der Waals surface area (Å²) in [5, 5.41) is 5.28. The van der Waals surface area contributed by atoms with E-state index in [4.69, 9.17) is 4.74 Å². The molecular formula is C16H24N3O3+. The third-order valence-electron chi connectivity index (χ3n) is 3.69. The predicted molar refractivity (Wildman–Crippen MR) is 82.3 cm³/mol. The molecule has 2 amide bonds. The van der Waals surface area contributed by atoms with E-state index in [1.165, 1.54) is 4.90 Å². The number of quaternary nitrogens is 1. The smallest absolute Gasteiger partial charge is 0.309 e. The van der Waals surface area contributed by atoms with Crippen LogP contribution in [0.15, 0.2) is 30.3 Å². The number of carbonyl (C=O) groups excluding carboxylic acids is 2. The maximum atomic E-state index is 11.7. The zero-order valence-corrected chi connectivity index (χ0v) is 12.8. The minimum absolute atomic E-state index is 0.366. The van der Waals surface area contributed by atoms with Crippen LogP contribution in [0.4, 0.5) is 0 Å². The number of carbonyl (C=O) groups is 2. The second-order valence-electron chi connectivity index (χ2n) is 5.39. The molecule has 1 aromatic rings. The fourth-order valence-electron chi connectivity index (χ4n) is 2.39. The predicted octanol–water partition coefficient (Wildman–Crippen LogP) is -1.28. The molecule has 0 unspecified atom stereocenters. The molecule has 6 heteroatoms. The van der Waals surface area contributed by atoms with E-state index in [9.17, 15) is 9.59 Å². The molecule has 0 aliphatic carbocycles. The Hall–Kier alpha value is -1.92. The summed E-state index contributed by atoms with van der Waals surface area (Å²) in [6, 6.07) is 9.52. The van der Waals surface area contributed by atoms with Crippen LogP contribution in [-0.4, -0.2) is 51.2 Å². The molecule has 1 aliphatic rings. The monoisotopic (exact) mass is 306 g/mol. The standard InChI is InChI=1S/C16H23N3O3/c20-15(16(21)18-13-14-5-2-1-3-6-14)17-7-4-8-19-9-11-22-12-10-19/h1-3,5-6H,4,7-13H2,(H,17,20)(H,18,21)/p+1. The van der Waals surface area contributed by atoms with Gasteiger partial charge < -0.3 is 20.3 Å². The molecule has 0 saturated carbocycles. The SMILES string of the molecule is O=C(NCCC[NH+]1CCOCC1)C(=O)NCc1ccccc1. The maximum Gasteiger partial charge on any atom is 0.309 e. The normalized spacial score (nSPS) is 15.3. The van der Waals surface area contributed by atoms with Gasteiger partial charge in [0.2, 0.25) is 0 Å². The first-order valence-corrected chi connectivity index (χ1v) is 7.77. The Balaban J connectivity index is 1.57. The molecule has 0 atom stereocenters. The summed E-state index contributed by atoms with van der Waals surface area (Å²) in [6.07, 6.45) is 0.868. The van der Waals surface area contributed by atoms with Crippen LogP contribution in [0.3, 0.4) is 0 Å². The van der Waals surface area contributed by atoms with Gasteiger partial charge in [0.25, 0.3) is 0 Å². The van der Waals surface area contributed by atoms with Crippen molar-refractivity contribution >= 4 is 11.8 Å². The highest BCUT2D eigenvalue weighted by Gasteiger charge is 2.15. The first-order valence-electron chi connectivity index (χ1n) is 7.77. The average Bonchev–Trinajstić information content (AvgIpc) is 2.58. The van der Waals surface area contributed by atoms with E-state index in [2.05, 4.69) is 10.6 Å². The van der Waals surface area contributed by atoms with Crippen molar-refractivity contribution in [2.75, 3.05) is 39.4 Å². The van der Waals surface area contributed by atoms with Crippen LogP contribution in [0.5, 0.6) is 0 Å². The van der Waals surface area contributed by atoms with Crippen molar-refractivity contribution in [1.82, 2.24) is 10.6 Å². The number of ether oxygens (including phenoxy) is 1. The fraction of sp³-hybridized carbons (Fsp3) is 0.500. The number of benzene rings is 1. The highest BCUT2D eigenvalue weighted by atomic mass is 16.5. The minimum atomic E-state index is -0.581. The van der Waals surface area contributed by atoms with Gasteiger partial charge >= 0.3 is 11.8 Å². The van der Waals surface area contributed by atoms with E-state index in [0.717, 1.165) is 44.8 Å². The summed E-state index contributed by atoms with van der Waals surface area (Å²) in [4.78, 5) is 24.8. The van der Waals surface area contributed by atoms with Gasteiger partial charge in [-0.2, -0.15) is 0 Å². The van der Waals surface area contributed by atoms with Crippen LogP contribution in [0, 0.1) is 0 Å². The van der Waals surface area contributed by atoms with Crippen LogP contribution in [0.1, 0.15) is 12.0 Å². The first-order chi connectivity index (χ1) is 10.8. The van der Waals surface area contributed by atoms with Gasteiger partial charge in [-0.05, 0) is 5.56 Å². The van der Waals surface area contributed by atoms with Gasteiger partial charge in [0.1, 0.15) is 13.1 Å². The Morgan fingerprint density at radius 2 is 1.73 bits per heavy atom. The lowest BCUT2D eigenvalue weighted by Gasteiger charge is -2.23. The molecule has 120 valence electrons. The molecule has 0 bridgehead atoms. The zero-order chi connectivity index (χ0) is 15.6. The number of nitrogens with one attached hydrogen (secondary N) is 3. The van der Waals surface area contributed by atoms with E-state index in [1.54, 1.807) is 0 Å². The molecule has 1 saturated heterocycles. The summed E-state index contributed by atoms with van der Waals surface area (Å²) >= 11 is 0. The molecule has 1 aromatic carbocycles. The quantitative estimate of drug-likeness (QED) is 0.453. The van der Waals surface area contributed by atoms with Gasteiger partial charge in [0, 0.05) is 19.5 Å². The minimum Gasteiger partial charge on any atom is -0.370 e. The zero-order valence-electron chi connectivity index (χ0n) is 12.8. The number of hydrogen-bond donors (Lipinski definition) is 3. The van der Waals surface area contributed by atoms with Gasteiger partial charge in [-0.3, -0.25) is 9.59 Å². The molecule has 1 heterocycles. The molecule has 0 spiro atoms. The molecule has 22 heavy (non-hydrogen) atoms. The summed E-state index contributed by atoms with van der Waals surface area (Å²) < 4.78 is 5.30. The Morgan fingerprint density at radius 1 is 1.05 bits per heavy atom. The topological polar surface area (TPSA) is 71.9 Å². The third kappa shape index (κ3) is 5.83. The molecular weight excluding hydrogens is 282 g/mol. The Bertz CT molecular complexity index is 473. The average molecular weight is 306 g/mol. The molecule has 6 nitrogen and oxygen atoms in total. The van der Waals surface area contributed by atoms with E-state index >= 15 is 0 Å². The maximum absolute atomic E-state index is 11.7. The molecule has 1 aliphatic heterocycles. The van der Waals surface area contributed by atoms with Crippen molar-refractivity contribution in [3.8, 4) is 0 Å². The summed E-state index contributed by atoms with van der Waals surface area (Å²) in [5.74, 6) is -1.14. The highest BCUT2D eigenvalue weighted by Crippen LogP contribution is 1.96. The second-order valence-corrected chi connectivity index (χ2v) is 5.39. The molecule has 2 rings (SSSR count). The number of amides is 2. The number of hydrogen-bond acceptors (Lipinski definition) is 3. The Labute approximate surface area is 130 Å². The van der Waals surface area contributed by atoms with E-state index < -0.39 is 11.8 Å². The van der Waals surface area contributed by atoms with Crippen molar-refractivity contribution in [3.05, 3.63) is 35.9 Å². The summed E-state index contributed by atoms with van der Waals surface area (Å²) in [7, 11) is 0. The largest absolute Gasteiger partial charge is 0.370 e. The van der Waals surface area contributed by atoms with Crippen LogP contribution in [-0.2, 0) is 20.9 Å². The lowest BCUT2D eigenvalue weighted by atomic mass is 10.2.